The summed E-state index contributed by atoms with van der Waals surface area (Å²) in [6.45, 7) is 4.15. The highest BCUT2D eigenvalue weighted by atomic mass is 16.5. The number of ether oxygens (including phenoxy) is 3. The fraction of sp³-hybridized carbons (Fsp3) is 0.318. The van der Waals surface area contributed by atoms with Crippen molar-refractivity contribution in [2.24, 2.45) is 0 Å². The molecule has 1 aromatic carbocycles. The Morgan fingerprint density at radius 3 is 2.47 bits per heavy atom. The molecule has 3 rings (SSSR count). The van der Waals surface area contributed by atoms with Crippen LogP contribution in [-0.4, -0.2) is 37.3 Å². The van der Waals surface area contributed by atoms with Gasteiger partial charge in [0, 0.05) is 24.4 Å². The Kier molecular flexibility index (Phi) is 6.11. The van der Waals surface area contributed by atoms with Crippen molar-refractivity contribution in [3.05, 3.63) is 46.8 Å². The first-order valence-corrected chi connectivity index (χ1v) is 9.43. The minimum atomic E-state index is -0.665. The largest absolute Gasteiger partial charge is 0.493 e. The van der Waals surface area contributed by atoms with E-state index in [0.717, 1.165) is 16.9 Å². The molecule has 1 aliphatic heterocycles. The summed E-state index contributed by atoms with van der Waals surface area (Å²) in [6.07, 6.45) is 1.51. The van der Waals surface area contributed by atoms with Gasteiger partial charge in [0.25, 0.3) is 0 Å². The van der Waals surface area contributed by atoms with Crippen LogP contribution in [0.1, 0.15) is 30.8 Å². The smallest absolute Gasteiger partial charge is 0.348 e. The summed E-state index contributed by atoms with van der Waals surface area (Å²) in [4.78, 5) is 26.1. The number of benzene rings is 1. The molecule has 0 bridgehead atoms. The third-order valence-corrected chi connectivity index (χ3v) is 4.92. The lowest BCUT2D eigenvalue weighted by atomic mass is 10.1. The van der Waals surface area contributed by atoms with Gasteiger partial charge >= 0.3 is 5.97 Å². The zero-order valence-electron chi connectivity index (χ0n) is 17.4. The first-order valence-electron chi connectivity index (χ1n) is 9.43. The molecule has 2 aromatic rings. The second kappa shape index (κ2) is 8.74. The lowest BCUT2D eigenvalue weighted by Gasteiger charge is -2.22. The molecule has 0 aliphatic carbocycles. The normalized spacial score (nSPS) is 12.9. The summed E-state index contributed by atoms with van der Waals surface area (Å²) in [5.74, 6) is 0.306. The minimum Gasteiger partial charge on any atom is -0.493 e. The summed E-state index contributed by atoms with van der Waals surface area (Å²) in [5.41, 5.74) is 3.03. The van der Waals surface area contributed by atoms with Gasteiger partial charge in [0.15, 0.2) is 11.5 Å². The van der Waals surface area contributed by atoms with Crippen molar-refractivity contribution < 1.29 is 23.8 Å². The van der Waals surface area contributed by atoms with Crippen LogP contribution >= 0.6 is 0 Å². The van der Waals surface area contributed by atoms with Crippen LogP contribution in [-0.2, 0) is 27.4 Å². The number of esters is 1. The number of hydrogen-bond acceptors (Lipinski definition) is 6. The molecule has 0 N–H and O–H groups in total. The lowest BCUT2D eigenvalue weighted by molar-refractivity contribution is -0.137. The van der Waals surface area contributed by atoms with Crippen LogP contribution in [0.4, 0.5) is 5.69 Å². The first kappa shape index (κ1) is 21.0. The number of hydrogen-bond donors (Lipinski definition) is 0. The summed E-state index contributed by atoms with van der Waals surface area (Å²) in [7, 11) is 3.10. The molecule has 0 radical (unpaired) electrons. The van der Waals surface area contributed by atoms with Crippen molar-refractivity contribution in [1.29, 1.82) is 5.26 Å². The molecule has 8 nitrogen and oxygen atoms in total. The van der Waals surface area contributed by atoms with E-state index in [1.807, 2.05) is 28.8 Å². The number of carbonyl (C=O) groups is 2. The maximum Gasteiger partial charge on any atom is 0.348 e. The van der Waals surface area contributed by atoms with E-state index in [-0.39, 0.29) is 18.1 Å². The number of anilines is 1. The molecule has 0 saturated carbocycles. The number of nitrogens with zero attached hydrogens (tertiary/aromatic N) is 3. The molecular weight excluding hydrogens is 386 g/mol. The van der Waals surface area contributed by atoms with Gasteiger partial charge in [0.1, 0.15) is 11.6 Å². The van der Waals surface area contributed by atoms with Gasteiger partial charge in [-0.25, -0.2) is 4.79 Å². The number of rotatable bonds is 5. The molecule has 0 spiro atoms. The predicted octanol–water partition coefficient (Wildman–Crippen LogP) is 2.89. The van der Waals surface area contributed by atoms with Crippen LogP contribution in [0.15, 0.2) is 29.8 Å². The highest BCUT2D eigenvalue weighted by molar-refractivity contribution is 5.97. The van der Waals surface area contributed by atoms with Crippen LogP contribution < -0.4 is 14.4 Å². The molecule has 2 heterocycles. The van der Waals surface area contributed by atoms with Crippen LogP contribution in [0.2, 0.25) is 0 Å². The molecule has 0 unspecified atom stereocenters. The molecule has 1 amide bonds. The van der Waals surface area contributed by atoms with E-state index in [2.05, 4.69) is 0 Å². The zero-order valence-corrected chi connectivity index (χ0v) is 17.4. The molecule has 1 aromatic heterocycles. The van der Waals surface area contributed by atoms with E-state index < -0.39 is 5.97 Å². The summed E-state index contributed by atoms with van der Waals surface area (Å²) in [5, 5.41) is 9.37. The van der Waals surface area contributed by atoms with E-state index in [9.17, 15) is 14.9 Å². The molecule has 0 fully saturated rings. The quantitative estimate of drug-likeness (QED) is 0.428. The molecule has 0 atom stereocenters. The molecule has 156 valence electrons. The number of carbonyl (C=O) groups excluding carboxylic acids is 2. The fourth-order valence-electron chi connectivity index (χ4n) is 3.46. The highest BCUT2D eigenvalue weighted by Crippen LogP contribution is 2.38. The third-order valence-electron chi connectivity index (χ3n) is 4.92. The maximum atomic E-state index is 12.4. The Balaban J connectivity index is 2.13. The Morgan fingerprint density at radius 2 is 1.87 bits per heavy atom. The van der Waals surface area contributed by atoms with Crippen molar-refractivity contribution >= 4 is 23.6 Å². The van der Waals surface area contributed by atoms with E-state index in [4.69, 9.17) is 14.2 Å². The number of fused-ring (bicyclic) bond motifs is 2. The molecule has 30 heavy (non-hydrogen) atoms. The van der Waals surface area contributed by atoms with Crippen LogP contribution in [0.25, 0.3) is 6.08 Å². The number of amides is 1. The molecular formula is C22H23N3O5. The standard InChI is InChI=1S/C22H23N3O5/c1-5-30-22(27)15(11-23)8-17-6-7-18-13-24(14(2)26)19-10-21(29-4)20(28-3)9-16(19)12-25(17)18/h6-10H,5,12-13H2,1-4H3/b15-8+. The minimum absolute atomic E-state index is 0.0852. The molecule has 1 aliphatic rings. The van der Waals surface area contributed by atoms with Crippen molar-refractivity contribution in [2.45, 2.75) is 26.9 Å². The van der Waals surface area contributed by atoms with Crippen molar-refractivity contribution in [3.63, 3.8) is 0 Å². The monoisotopic (exact) mass is 409 g/mol. The predicted molar refractivity (Wildman–Crippen MR) is 110 cm³/mol. The van der Waals surface area contributed by atoms with Gasteiger partial charge in [-0.1, -0.05) is 0 Å². The second-order valence-electron chi connectivity index (χ2n) is 6.67. The Bertz CT molecular complexity index is 1060. The summed E-state index contributed by atoms with van der Waals surface area (Å²) >= 11 is 0. The summed E-state index contributed by atoms with van der Waals surface area (Å²) in [6, 6.07) is 9.22. The molecule has 8 heteroatoms. The van der Waals surface area contributed by atoms with Gasteiger partial charge in [-0.05, 0) is 36.8 Å². The highest BCUT2D eigenvalue weighted by Gasteiger charge is 2.25. The number of nitriles is 1. The Hall–Kier alpha value is -3.73. The average molecular weight is 409 g/mol. The van der Waals surface area contributed by atoms with Crippen LogP contribution in [0.5, 0.6) is 11.5 Å². The van der Waals surface area contributed by atoms with Crippen molar-refractivity contribution in [3.8, 4) is 17.6 Å². The lowest BCUT2D eigenvalue weighted by Crippen LogP contribution is -2.28. The van der Waals surface area contributed by atoms with E-state index in [1.165, 1.54) is 13.0 Å². The Morgan fingerprint density at radius 1 is 1.17 bits per heavy atom. The van der Waals surface area contributed by atoms with Gasteiger partial charge in [0.05, 0.1) is 39.6 Å². The van der Waals surface area contributed by atoms with E-state index >= 15 is 0 Å². The zero-order chi connectivity index (χ0) is 21.8. The van der Waals surface area contributed by atoms with Gasteiger partial charge < -0.3 is 23.7 Å². The van der Waals surface area contributed by atoms with Gasteiger partial charge in [0.2, 0.25) is 5.91 Å². The van der Waals surface area contributed by atoms with Crippen LogP contribution in [0, 0.1) is 11.3 Å². The van der Waals surface area contributed by atoms with Crippen LogP contribution in [0.3, 0.4) is 0 Å². The SMILES string of the molecule is CCOC(=O)/C(C#N)=C/c1ccc2n1Cc1cc(OC)c(OC)cc1N(C(C)=O)C2. The summed E-state index contributed by atoms with van der Waals surface area (Å²) < 4.78 is 17.7. The third kappa shape index (κ3) is 3.87. The van der Waals surface area contributed by atoms with Crippen molar-refractivity contribution in [2.75, 3.05) is 25.7 Å². The number of aromatic nitrogens is 1. The van der Waals surface area contributed by atoms with E-state index in [0.29, 0.717) is 30.3 Å². The van der Waals surface area contributed by atoms with Gasteiger partial charge in [-0.2, -0.15) is 5.26 Å². The van der Waals surface area contributed by atoms with E-state index in [1.54, 1.807) is 32.1 Å². The second-order valence-corrected chi connectivity index (χ2v) is 6.67. The fourth-order valence-corrected chi connectivity index (χ4v) is 3.46. The van der Waals surface area contributed by atoms with Gasteiger partial charge in [-0.3, -0.25) is 4.79 Å². The van der Waals surface area contributed by atoms with Gasteiger partial charge in [-0.15, -0.1) is 0 Å². The molecule has 0 saturated heterocycles. The first-order chi connectivity index (χ1) is 14.4. The van der Waals surface area contributed by atoms with Crippen molar-refractivity contribution in [1.82, 2.24) is 4.57 Å². The topological polar surface area (TPSA) is 93.8 Å². The Labute approximate surface area is 174 Å². The maximum absolute atomic E-state index is 12.4. The average Bonchev–Trinajstić information content (AvgIpc) is 3.02. The number of methoxy groups -OCH3 is 2.